The number of hydrogen-bond acceptors (Lipinski definition) is 3. The van der Waals surface area contributed by atoms with Gasteiger partial charge in [0.2, 0.25) is 0 Å². The van der Waals surface area contributed by atoms with Crippen molar-refractivity contribution in [3.63, 3.8) is 0 Å². The van der Waals surface area contributed by atoms with Gasteiger partial charge >= 0.3 is 0 Å². The first kappa shape index (κ1) is 22.3. The topological polar surface area (TPSA) is 54.3 Å². The number of aromatic nitrogens is 1. The summed E-state index contributed by atoms with van der Waals surface area (Å²) in [5, 5.41) is 3.90. The zero-order valence-electron chi connectivity index (χ0n) is 19.0. The third kappa shape index (κ3) is 4.59. The van der Waals surface area contributed by atoms with Crippen LogP contribution in [0.25, 0.3) is 17.0 Å². The third-order valence-electron chi connectivity index (χ3n) is 6.54. The van der Waals surface area contributed by atoms with Gasteiger partial charge in [-0.25, -0.2) is 0 Å². The van der Waals surface area contributed by atoms with E-state index in [0.717, 1.165) is 35.7 Å². The fourth-order valence-electron chi connectivity index (χ4n) is 4.74. The quantitative estimate of drug-likeness (QED) is 0.233. The number of thiocarbonyl (C=S) groups is 1. The van der Waals surface area contributed by atoms with Crippen molar-refractivity contribution in [1.29, 1.82) is 0 Å². The Hall–Kier alpha value is -3.51. The molecule has 2 heterocycles. The highest BCUT2D eigenvalue weighted by Gasteiger charge is 2.33. The minimum atomic E-state index is -0.442. The van der Waals surface area contributed by atoms with Crippen molar-refractivity contribution in [3.05, 3.63) is 89.1 Å². The van der Waals surface area contributed by atoms with Crippen molar-refractivity contribution in [2.75, 3.05) is 6.54 Å². The highest BCUT2D eigenvalue weighted by atomic mass is 32.1. The zero-order valence-corrected chi connectivity index (χ0v) is 19.8. The Bertz CT molecular complexity index is 1320. The van der Waals surface area contributed by atoms with E-state index >= 15 is 0 Å². The van der Waals surface area contributed by atoms with Gasteiger partial charge in [0, 0.05) is 35.8 Å². The highest BCUT2D eigenvalue weighted by molar-refractivity contribution is 7.80. The smallest absolute Gasteiger partial charge is 0.265 e. The van der Waals surface area contributed by atoms with E-state index in [1.807, 2.05) is 42.6 Å². The molecule has 0 unspecified atom stereocenters. The molecule has 0 atom stereocenters. The lowest BCUT2D eigenvalue weighted by Gasteiger charge is -2.29. The van der Waals surface area contributed by atoms with Gasteiger partial charge in [-0.3, -0.25) is 19.8 Å². The number of para-hydroxylation sites is 1. The number of fused-ring (bicyclic) bond motifs is 1. The van der Waals surface area contributed by atoms with Crippen LogP contribution < -0.4 is 5.32 Å². The number of allylic oxidation sites excluding steroid dienone is 1. The van der Waals surface area contributed by atoms with Crippen LogP contribution in [-0.2, 0) is 16.1 Å². The zero-order chi connectivity index (χ0) is 23.5. The van der Waals surface area contributed by atoms with E-state index in [-0.39, 0.29) is 16.6 Å². The molecule has 2 aliphatic rings. The van der Waals surface area contributed by atoms with E-state index in [4.69, 9.17) is 12.2 Å². The molecule has 1 aromatic heterocycles. The molecule has 0 radical (unpaired) electrons. The van der Waals surface area contributed by atoms with Gasteiger partial charge in [0.05, 0.1) is 0 Å². The van der Waals surface area contributed by atoms with Crippen LogP contribution >= 0.6 is 12.2 Å². The molecule has 5 rings (SSSR count). The summed E-state index contributed by atoms with van der Waals surface area (Å²) in [5.74, 6) is -0.770. The lowest BCUT2D eigenvalue weighted by atomic mass is 9.97. The summed E-state index contributed by atoms with van der Waals surface area (Å²) in [4.78, 5) is 27.6. The summed E-state index contributed by atoms with van der Waals surface area (Å²) >= 11 is 5.34. The Labute approximate surface area is 204 Å². The van der Waals surface area contributed by atoms with E-state index in [1.54, 1.807) is 6.08 Å². The van der Waals surface area contributed by atoms with E-state index < -0.39 is 5.91 Å². The van der Waals surface area contributed by atoms with Crippen LogP contribution in [0.5, 0.6) is 0 Å². The summed E-state index contributed by atoms with van der Waals surface area (Å²) in [7, 11) is 0. The van der Waals surface area contributed by atoms with Gasteiger partial charge in [-0.2, -0.15) is 0 Å². The van der Waals surface area contributed by atoms with Crippen molar-refractivity contribution >= 4 is 46.1 Å². The van der Waals surface area contributed by atoms with Crippen molar-refractivity contribution in [3.8, 4) is 0 Å². The molecule has 2 aromatic carbocycles. The van der Waals surface area contributed by atoms with Crippen molar-refractivity contribution < 1.29 is 9.59 Å². The molecule has 3 aromatic rings. The number of rotatable bonds is 6. The van der Waals surface area contributed by atoms with Crippen LogP contribution in [0.2, 0.25) is 0 Å². The second-order valence-electron chi connectivity index (χ2n) is 8.85. The molecule has 1 aliphatic heterocycles. The molecule has 1 saturated heterocycles. The first-order valence-electron chi connectivity index (χ1n) is 11.8. The number of nitrogens with zero attached hydrogens (tertiary/aromatic N) is 2. The van der Waals surface area contributed by atoms with E-state index in [1.165, 1.54) is 28.9 Å². The lowest BCUT2D eigenvalue weighted by Crippen LogP contribution is -2.54. The number of carbonyl (C=O) groups is 2. The first-order valence-corrected chi connectivity index (χ1v) is 12.2. The molecule has 1 aliphatic carbocycles. The second kappa shape index (κ2) is 9.77. The van der Waals surface area contributed by atoms with E-state index in [9.17, 15) is 9.59 Å². The second-order valence-corrected chi connectivity index (χ2v) is 9.23. The standard InChI is InChI=1S/C28H27N3O2S/c32-26-24(27(33)31(28(34)29-26)16-15-20-9-3-1-4-10-20)17-22-19-30(18-21-11-5-2-6-12-21)25-14-8-7-13-23(22)25/h2,5-9,11-14,17,19H,1,3-4,10,15-16,18H2,(H,29,32,34)/b24-17+. The maximum atomic E-state index is 13.3. The fraction of sp³-hybridized carbons (Fsp3) is 0.250. The minimum absolute atomic E-state index is 0.119. The molecular weight excluding hydrogens is 442 g/mol. The van der Waals surface area contributed by atoms with Crippen molar-refractivity contribution in [1.82, 2.24) is 14.8 Å². The van der Waals surface area contributed by atoms with E-state index in [2.05, 4.69) is 34.2 Å². The first-order chi connectivity index (χ1) is 16.6. The Morgan fingerprint density at radius 2 is 1.79 bits per heavy atom. The monoisotopic (exact) mass is 469 g/mol. The number of amides is 2. The summed E-state index contributed by atoms with van der Waals surface area (Å²) in [6.07, 6.45) is 11.4. The Balaban J connectivity index is 1.45. The number of nitrogens with one attached hydrogen (secondary N) is 1. The Morgan fingerprint density at radius 1 is 1.00 bits per heavy atom. The molecule has 1 fully saturated rings. The largest absolute Gasteiger partial charge is 0.342 e. The molecule has 34 heavy (non-hydrogen) atoms. The molecule has 0 saturated carbocycles. The summed E-state index contributed by atoms with van der Waals surface area (Å²) in [5.41, 5.74) is 4.57. The van der Waals surface area contributed by atoms with Crippen LogP contribution in [0.3, 0.4) is 0 Å². The van der Waals surface area contributed by atoms with Crippen LogP contribution in [0, 0.1) is 0 Å². The molecule has 172 valence electrons. The SMILES string of the molecule is O=C1NC(=S)N(CCC2=CCCCC2)C(=O)/C1=C/c1cn(Cc2ccccc2)c2ccccc12. The maximum Gasteiger partial charge on any atom is 0.265 e. The molecule has 0 bridgehead atoms. The van der Waals surface area contributed by atoms with Gasteiger partial charge in [0.1, 0.15) is 5.57 Å². The Morgan fingerprint density at radius 3 is 2.59 bits per heavy atom. The number of carbonyl (C=O) groups excluding carboxylic acids is 2. The summed E-state index contributed by atoms with van der Waals surface area (Å²) in [6, 6.07) is 18.3. The minimum Gasteiger partial charge on any atom is -0.342 e. The average Bonchev–Trinajstić information content (AvgIpc) is 3.20. The maximum absolute atomic E-state index is 13.3. The lowest BCUT2D eigenvalue weighted by molar-refractivity contribution is -0.128. The van der Waals surface area contributed by atoms with Crippen molar-refractivity contribution in [2.24, 2.45) is 0 Å². The van der Waals surface area contributed by atoms with Gasteiger partial charge in [-0.1, -0.05) is 60.2 Å². The number of benzene rings is 2. The molecule has 5 nitrogen and oxygen atoms in total. The third-order valence-corrected chi connectivity index (χ3v) is 6.86. The molecule has 2 amide bonds. The highest BCUT2D eigenvalue weighted by Crippen LogP contribution is 2.26. The predicted molar refractivity (Wildman–Crippen MR) is 139 cm³/mol. The number of hydrogen-bond donors (Lipinski definition) is 1. The van der Waals surface area contributed by atoms with Gasteiger partial charge < -0.3 is 4.57 Å². The van der Waals surface area contributed by atoms with Crippen LogP contribution in [-0.4, -0.2) is 32.9 Å². The van der Waals surface area contributed by atoms with Gasteiger partial charge in [0.25, 0.3) is 11.8 Å². The normalized spacial score (nSPS) is 17.9. The fourth-order valence-corrected chi connectivity index (χ4v) is 5.01. The van der Waals surface area contributed by atoms with Gasteiger partial charge in [-0.15, -0.1) is 0 Å². The Kier molecular flexibility index (Phi) is 6.41. The van der Waals surface area contributed by atoms with Gasteiger partial charge in [0.15, 0.2) is 5.11 Å². The van der Waals surface area contributed by atoms with Crippen LogP contribution in [0.15, 0.2) is 78.0 Å². The molecule has 1 N–H and O–H groups in total. The molecular formula is C28H27N3O2S. The van der Waals surface area contributed by atoms with Crippen molar-refractivity contribution in [2.45, 2.75) is 38.6 Å². The van der Waals surface area contributed by atoms with Crippen LogP contribution in [0.4, 0.5) is 0 Å². The van der Waals surface area contributed by atoms with Gasteiger partial charge in [-0.05, 0) is 62.0 Å². The average molecular weight is 470 g/mol. The van der Waals surface area contributed by atoms with Crippen LogP contribution in [0.1, 0.15) is 43.2 Å². The summed E-state index contributed by atoms with van der Waals surface area (Å²) in [6.45, 7) is 1.19. The van der Waals surface area contributed by atoms with E-state index in [0.29, 0.717) is 13.1 Å². The molecule has 0 spiro atoms. The summed E-state index contributed by atoms with van der Waals surface area (Å²) < 4.78 is 2.15. The predicted octanol–water partition coefficient (Wildman–Crippen LogP) is 5.21. The molecule has 6 heteroatoms.